The highest BCUT2D eigenvalue weighted by Gasteiger charge is 2.61. The van der Waals surface area contributed by atoms with Crippen molar-refractivity contribution in [3.05, 3.63) is 35.3 Å². The number of likely N-dealkylation sites (tertiary alicyclic amines) is 1. The lowest BCUT2D eigenvalue weighted by molar-refractivity contribution is -0.170. The number of hydrogen-bond donors (Lipinski definition) is 0. The van der Waals surface area contributed by atoms with Crippen LogP contribution in [0, 0.1) is 0 Å². The van der Waals surface area contributed by atoms with Crippen LogP contribution in [0.3, 0.4) is 0 Å². The van der Waals surface area contributed by atoms with E-state index < -0.39 is 11.8 Å². The lowest BCUT2D eigenvalue weighted by Gasteiger charge is -2.52. The van der Waals surface area contributed by atoms with Crippen molar-refractivity contribution in [1.29, 1.82) is 0 Å². The Kier molecular flexibility index (Phi) is 5.69. The molecule has 5 heterocycles. The monoisotopic (exact) mass is 472 g/mol. The van der Waals surface area contributed by atoms with Crippen molar-refractivity contribution in [2.75, 3.05) is 44.4 Å². The van der Waals surface area contributed by atoms with Crippen molar-refractivity contribution in [3.63, 3.8) is 0 Å². The zero-order chi connectivity index (χ0) is 22.3. The molecule has 1 spiro atoms. The normalized spacial score (nSPS) is 30.7. The summed E-state index contributed by atoms with van der Waals surface area (Å²) in [5.41, 5.74) is 2.54. The summed E-state index contributed by atoms with van der Waals surface area (Å²) in [4.78, 5) is 15.7. The first-order valence-corrected chi connectivity index (χ1v) is 12.5. The van der Waals surface area contributed by atoms with Gasteiger partial charge < -0.3 is 23.8 Å². The Labute approximate surface area is 196 Å². The number of piperidine rings is 1. The smallest absolute Gasteiger partial charge is 0.295 e. The van der Waals surface area contributed by atoms with Crippen LogP contribution < -0.4 is 9.64 Å². The molecule has 176 valence electrons. The standard InChI is InChI=1S/C23H28N4O5S/c28-15-30-21-23(13-27(21)22-25-24-14-33-22)9-17(10-31-23)26-7-5-16(6-8-26)19-3-1-2-4-20(19)32-18-11-29-12-18/h1-4,14-18,21H,5-13H2/t17-,21?,23?/m0/s1. The fourth-order valence-corrected chi connectivity index (χ4v) is 6.17. The van der Waals surface area contributed by atoms with E-state index in [2.05, 4.69) is 33.3 Å². The highest BCUT2D eigenvalue weighted by atomic mass is 32.1. The number of carbonyl (C=O) groups excluding carboxylic acids is 1. The van der Waals surface area contributed by atoms with Gasteiger partial charge in [-0.05, 0) is 43.5 Å². The SMILES string of the molecule is O=COC1N(c2nncs2)CC12C[C@H](N1CCC(c3ccccc3OC3COC3)CC1)CO2. The van der Waals surface area contributed by atoms with E-state index in [1.807, 2.05) is 11.0 Å². The van der Waals surface area contributed by atoms with E-state index in [1.54, 1.807) is 5.51 Å². The predicted octanol–water partition coefficient (Wildman–Crippen LogP) is 2.04. The van der Waals surface area contributed by atoms with Gasteiger partial charge in [0.25, 0.3) is 6.47 Å². The summed E-state index contributed by atoms with van der Waals surface area (Å²) in [6, 6.07) is 8.78. The van der Waals surface area contributed by atoms with Crippen LogP contribution in [0.5, 0.6) is 5.75 Å². The van der Waals surface area contributed by atoms with Gasteiger partial charge in [-0.25, -0.2) is 0 Å². The second-order valence-corrected chi connectivity index (χ2v) is 10.1. The zero-order valence-corrected chi connectivity index (χ0v) is 19.2. The Morgan fingerprint density at radius 1 is 1.18 bits per heavy atom. The average Bonchev–Trinajstić information content (AvgIpc) is 3.50. The number of nitrogens with zero attached hydrogens (tertiary/aromatic N) is 4. The van der Waals surface area contributed by atoms with Gasteiger partial charge in [0.2, 0.25) is 11.4 Å². The molecule has 9 nitrogen and oxygen atoms in total. The maximum atomic E-state index is 11.2. The van der Waals surface area contributed by atoms with E-state index >= 15 is 0 Å². The van der Waals surface area contributed by atoms with Gasteiger partial charge in [0, 0.05) is 12.5 Å². The molecule has 2 unspecified atom stereocenters. The molecule has 0 bridgehead atoms. The molecular weight excluding hydrogens is 444 g/mol. The number of benzene rings is 1. The van der Waals surface area contributed by atoms with E-state index in [0.29, 0.717) is 44.8 Å². The molecule has 0 radical (unpaired) electrons. The molecule has 0 saturated carbocycles. The fourth-order valence-electron chi connectivity index (χ4n) is 5.59. The average molecular weight is 473 g/mol. The molecule has 4 aliphatic rings. The summed E-state index contributed by atoms with van der Waals surface area (Å²) in [6.45, 7) is 5.25. The lowest BCUT2D eigenvalue weighted by Crippen LogP contribution is -2.71. The Morgan fingerprint density at radius 3 is 2.76 bits per heavy atom. The van der Waals surface area contributed by atoms with Crippen molar-refractivity contribution in [2.24, 2.45) is 0 Å². The lowest BCUT2D eigenvalue weighted by atomic mass is 9.85. The highest BCUT2D eigenvalue weighted by Crippen LogP contribution is 2.46. The molecular formula is C23H28N4O5S. The quantitative estimate of drug-likeness (QED) is 0.562. The van der Waals surface area contributed by atoms with Crippen molar-refractivity contribution in [2.45, 2.75) is 49.2 Å². The first-order chi connectivity index (χ1) is 16.3. The Balaban J connectivity index is 1.07. The molecule has 4 saturated heterocycles. The maximum Gasteiger partial charge on any atom is 0.295 e. The number of rotatable bonds is 7. The van der Waals surface area contributed by atoms with E-state index in [9.17, 15) is 4.79 Å². The van der Waals surface area contributed by atoms with Crippen LogP contribution >= 0.6 is 11.3 Å². The topological polar surface area (TPSA) is 86.3 Å². The molecule has 6 rings (SSSR count). The molecule has 33 heavy (non-hydrogen) atoms. The molecule has 1 aromatic heterocycles. The van der Waals surface area contributed by atoms with Crippen LogP contribution in [0.25, 0.3) is 0 Å². The van der Waals surface area contributed by atoms with Crippen molar-refractivity contribution >= 4 is 22.9 Å². The Morgan fingerprint density at radius 2 is 2.03 bits per heavy atom. The zero-order valence-electron chi connectivity index (χ0n) is 18.4. The summed E-state index contributed by atoms with van der Waals surface area (Å²) in [5, 5.41) is 8.78. The maximum absolute atomic E-state index is 11.2. The minimum atomic E-state index is -0.459. The van der Waals surface area contributed by atoms with E-state index in [4.69, 9.17) is 18.9 Å². The van der Waals surface area contributed by atoms with Gasteiger partial charge in [0.15, 0.2) is 0 Å². The fraction of sp³-hybridized carbons (Fsp3) is 0.609. The minimum absolute atomic E-state index is 0.182. The molecule has 0 aliphatic carbocycles. The van der Waals surface area contributed by atoms with E-state index in [0.717, 1.165) is 43.2 Å². The summed E-state index contributed by atoms with van der Waals surface area (Å²) in [7, 11) is 0. The molecule has 10 heteroatoms. The number of carbonyl (C=O) groups is 1. The third-order valence-electron chi connectivity index (χ3n) is 7.40. The van der Waals surface area contributed by atoms with Crippen LogP contribution in [0.2, 0.25) is 0 Å². The van der Waals surface area contributed by atoms with Gasteiger partial charge in [-0.3, -0.25) is 9.69 Å². The van der Waals surface area contributed by atoms with Crippen LogP contribution in [0.15, 0.2) is 29.8 Å². The number of anilines is 1. The Bertz CT molecular complexity index is 966. The van der Waals surface area contributed by atoms with Crippen LogP contribution in [-0.2, 0) is 19.0 Å². The first kappa shape index (κ1) is 21.3. The first-order valence-electron chi connectivity index (χ1n) is 11.6. The van der Waals surface area contributed by atoms with Crippen molar-refractivity contribution in [1.82, 2.24) is 15.1 Å². The molecule has 4 fully saturated rings. The molecule has 0 N–H and O–H groups in total. The predicted molar refractivity (Wildman–Crippen MR) is 121 cm³/mol. The third kappa shape index (κ3) is 3.88. The molecule has 3 atom stereocenters. The van der Waals surface area contributed by atoms with E-state index in [1.165, 1.54) is 16.9 Å². The summed E-state index contributed by atoms with van der Waals surface area (Å²) >= 11 is 1.44. The molecule has 4 aliphatic heterocycles. The largest absolute Gasteiger partial charge is 0.485 e. The van der Waals surface area contributed by atoms with Crippen LogP contribution in [0.4, 0.5) is 5.13 Å². The highest BCUT2D eigenvalue weighted by molar-refractivity contribution is 7.13. The summed E-state index contributed by atoms with van der Waals surface area (Å²) in [6.07, 6.45) is 2.78. The summed E-state index contributed by atoms with van der Waals surface area (Å²) < 4.78 is 23.2. The van der Waals surface area contributed by atoms with Gasteiger partial charge in [0.05, 0.1) is 26.4 Å². The van der Waals surface area contributed by atoms with Gasteiger partial charge in [0.1, 0.15) is 23.0 Å². The van der Waals surface area contributed by atoms with Gasteiger partial charge in [-0.2, -0.15) is 0 Å². The minimum Gasteiger partial charge on any atom is -0.485 e. The van der Waals surface area contributed by atoms with Crippen molar-refractivity contribution in [3.8, 4) is 5.75 Å². The molecule has 2 aromatic rings. The van der Waals surface area contributed by atoms with Gasteiger partial charge in [-0.15, -0.1) is 10.2 Å². The number of ether oxygens (including phenoxy) is 4. The second-order valence-electron chi connectivity index (χ2n) is 9.29. The van der Waals surface area contributed by atoms with Crippen LogP contribution in [-0.4, -0.2) is 85.0 Å². The third-order valence-corrected chi connectivity index (χ3v) is 8.13. The molecule has 1 aromatic carbocycles. The van der Waals surface area contributed by atoms with Gasteiger partial charge >= 0.3 is 0 Å². The second kappa shape index (κ2) is 8.83. The number of aromatic nitrogens is 2. The Hall–Kier alpha value is -2.27. The molecule has 0 amide bonds. The summed E-state index contributed by atoms with van der Waals surface area (Å²) in [5.74, 6) is 1.50. The van der Waals surface area contributed by atoms with Crippen LogP contribution in [0.1, 0.15) is 30.7 Å². The number of hydrogen-bond acceptors (Lipinski definition) is 10. The van der Waals surface area contributed by atoms with Gasteiger partial charge in [-0.1, -0.05) is 29.5 Å². The number of para-hydroxylation sites is 1. The van der Waals surface area contributed by atoms with Crippen molar-refractivity contribution < 1.29 is 23.7 Å². The van der Waals surface area contributed by atoms with E-state index in [-0.39, 0.29) is 6.10 Å².